The van der Waals surface area contributed by atoms with E-state index in [1.807, 2.05) is 47.6 Å². The van der Waals surface area contributed by atoms with Gasteiger partial charge in [0.2, 0.25) is 6.04 Å². The summed E-state index contributed by atoms with van der Waals surface area (Å²) in [6.07, 6.45) is 1.82. The molecule has 0 spiro atoms. The monoisotopic (exact) mass is 204 g/mol. The lowest BCUT2D eigenvalue weighted by molar-refractivity contribution is 0.394. The van der Waals surface area contributed by atoms with Gasteiger partial charge in [-0.05, 0) is 11.5 Å². The molecule has 2 nitrogen and oxygen atoms in total. The Labute approximate surface area is 93.6 Å². The van der Waals surface area contributed by atoms with Gasteiger partial charge in [-0.15, -0.1) is 0 Å². The van der Waals surface area contributed by atoms with Gasteiger partial charge in [-0.1, -0.05) is 41.5 Å². The maximum atomic E-state index is 7.17. The molecule has 0 radical (unpaired) electrons. The minimum absolute atomic E-state index is 0.108. The molecular weight excluding hydrogens is 184 g/mol. The van der Waals surface area contributed by atoms with Gasteiger partial charge in [0.05, 0.1) is 6.57 Å². The Morgan fingerprint density at radius 2 is 1.53 bits per heavy atom. The van der Waals surface area contributed by atoms with Gasteiger partial charge in [0.1, 0.15) is 0 Å². The number of hydrogen-bond donors (Lipinski definition) is 0. The van der Waals surface area contributed by atoms with Crippen molar-refractivity contribution in [3.63, 3.8) is 0 Å². The molecule has 0 fully saturated rings. The summed E-state index contributed by atoms with van der Waals surface area (Å²) in [6, 6.07) is -0.221. The summed E-state index contributed by atoms with van der Waals surface area (Å²) in [5.74, 6) is 0. The summed E-state index contributed by atoms with van der Waals surface area (Å²) < 4.78 is 0. The second-order valence-corrected chi connectivity index (χ2v) is 5.85. The van der Waals surface area contributed by atoms with Gasteiger partial charge in [0, 0.05) is 5.41 Å². The maximum Gasteiger partial charge on any atom is 0.237 e. The Bertz CT molecular complexity index is 324. The first kappa shape index (κ1) is 13.7. The number of nitrogens with zero attached hydrogens (tertiary/aromatic N) is 2. The topological polar surface area (TPSA) is 8.72 Å². The first-order chi connectivity index (χ1) is 6.62. The first-order valence-corrected chi connectivity index (χ1v) is 5.09. The van der Waals surface area contributed by atoms with Crippen LogP contribution in [0.5, 0.6) is 0 Å². The standard InChI is InChI=1S/C13H20N2/c1-12(2,3)10(14-7)9-11(15-8)13(4,5)6/h9-10H,1-6H3. The van der Waals surface area contributed by atoms with Crippen molar-refractivity contribution in [2.45, 2.75) is 47.6 Å². The Hall–Kier alpha value is -1.28. The second-order valence-electron chi connectivity index (χ2n) is 5.85. The van der Waals surface area contributed by atoms with Gasteiger partial charge >= 0.3 is 0 Å². The Morgan fingerprint density at radius 3 is 1.73 bits per heavy atom. The van der Waals surface area contributed by atoms with Crippen LogP contribution in [-0.2, 0) is 0 Å². The zero-order valence-corrected chi connectivity index (χ0v) is 10.5. The lowest BCUT2D eigenvalue weighted by Gasteiger charge is -2.21. The van der Waals surface area contributed by atoms with Crippen LogP contribution in [-0.4, -0.2) is 6.04 Å². The van der Waals surface area contributed by atoms with Crippen LogP contribution in [0.2, 0.25) is 0 Å². The van der Waals surface area contributed by atoms with E-state index in [-0.39, 0.29) is 16.9 Å². The number of hydrogen-bond acceptors (Lipinski definition) is 0. The molecule has 0 aliphatic heterocycles. The van der Waals surface area contributed by atoms with Gasteiger partial charge in [-0.25, -0.2) is 11.4 Å². The van der Waals surface area contributed by atoms with Gasteiger partial charge in [0.15, 0.2) is 5.70 Å². The Balaban J connectivity index is 5.20. The quantitative estimate of drug-likeness (QED) is 0.567. The highest BCUT2D eigenvalue weighted by molar-refractivity contribution is 5.23. The number of allylic oxidation sites excluding steroid dienone is 1. The molecule has 0 aliphatic carbocycles. The van der Waals surface area contributed by atoms with E-state index in [2.05, 4.69) is 9.69 Å². The minimum Gasteiger partial charge on any atom is -0.310 e. The largest absolute Gasteiger partial charge is 0.310 e. The molecule has 1 atom stereocenters. The Kier molecular flexibility index (Phi) is 4.11. The summed E-state index contributed by atoms with van der Waals surface area (Å²) >= 11 is 0. The summed E-state index contributed by atoms with van der Waals surface area (Å²) in [7, 11) is 0. The molecule has 0 bridgehead atoms. The molecule has 82 valence electrons. The predicted molar refractivity (Wildman–Crippen MR) is 64.0 cm³/mol. The van der Waals surface area contributed by atoms with Crippen LogP contribution in [0.1, 0.15) is 41.5 Å². The highest BCUT2D eigenvalue weighted by Crippen LogP contribution is 2.31. The molecule has 15 heavy (non-hydrogen) atoms. The molecule has 0 aromatic heterocycles. The van der Waals surface area contributed by atoms with Crippen molar-refractivity contribution in [1.82, 2.24) is 0 Å². The third-order valence-electron chi connectivity index (χ3n) is 2.23. The molecule has 0 aromatic carbocycles. The smallest absolute Gasteiger partial charge is 0.237 e. The highest BCUT2D eigenvalue weighted by Gasteiger charge is 2.30. The fraction of sp³-hybridized carbons (Fsp3) is 0.692. The van der Waals surface area contributed by atoms with Crippen molar-refractivity contribution in [2.75, 3.05) is 0 Å². The summed E-state index contributed by atoms with van der Waals surface area (Å²) in [5, 5.41) is 0. The van der Waals surface area contributed by atoms with Crippen molar-refractivity contribution < 1.29 is 0 Å². The molecule has 0 aliphatic rings. The van der Waals surface area contributed by atoms with Crippen LogP contribution in [0.3, 0.4) is 0 Å². The second kappa shape index (κ2) is 4.49. The van der Waals surface area contributed by atoms with Gasteiger partial charge in [-0.2, -0.15) is 0 Å². The third kappa shape index (κ3) is 4.17. The van der Waals surface area contributed by atoms with Crippen LogP contribution in [0.15, 0.2) is 11.8 Å². The van der Waals surface area contributed by atoms with E-state index in [9.17, 15) is 0 Å². The zero-order valence-electron chi connectivity index (χ0n) is 10.5. The van der Waals surface area contributed by atoms with E-state index in [0.29, 0.717) is 5.70 Å². The minimum atomic E-state index is -0.221. The van der Waals surface area contributed by atoms with Crippen molar-refractivity contribution in [3.05, 3.63) is 34.6 Å². The van der Waals surface area contributed by atoms with E-state index in [4.69, 9.17) is 13.1 Å². The SMILES string of the molecule is [C-]#[N+]C(=CC([N+]#[C-])C(C)(C)C)C(C)(C)C. The fourth-order valence-corrected chi connectivity index (χ4v) is 1.09. The molecular formula is C13H20N2. The summed E-state index contributed by atoms with van der Waals surface area (Å²) in [6.45, 7) is 26.4. The molecule has 1 unspecified atom stereocenters. The molecule has 2 heteroatoms. The molecule has 0 rings (SSSR count). The number of rotatable bonds is 1. The van der Waals surface area contributed by atoms with Crippen LogP contribution in [0.25, 0.3) is 9.69 Å². The predicted octanol–water partition coefficient (Wildman–Crippen LogP) is 4.17. The summed E-state index contributed by atoms with van der Waals surface area (Å²) in [4.78, 5) is 7.12. The zero-order chi connectivity index (χ0) is 12.3. The molecule has 0 amide bonds. The van der Waals surface area contributed by atoms with E-state index >= 15 is 0 Å². The normalized spacial score (nSPS) is 15.3. The fourth-order valence-electron chi connectivity index (χ4n) is 1.09. The van der Waals surface area contributed by atoms with Crippen molar-refractivity contribution in [1.29, 1.82) is 0 Å². The molecule has 0 N–H and O–H groups in total. The first-order valence-electron chi connectivity index (χ1n) is 5.09. The van der Waals surface area contributed by atoms with Gasteiger partial charge in [-0.3, -0.25) is 0 Å². The average Bonchev–Trinajstić information content (AvgIpc) is 2.01. The lowest BCUT2D eigenvalue weighted by atomic mass is 9.83. The van der Waals surface area contributed by atoms with Crippen LogP contribution >= 0.6 is 0 Å². The van der Waals surface area contributed by atoms with Crippen molar-refractivity contribution in [2.24, 2.45) is 10.8 Å². The third-order valence-corrected chi connectivity index (χ3v) is 2.23. The average molecular weight is 204 g/mol. The van der Waals surface area contributed by atoms with Crippen molar-refractivity contribution >= 4 is 0 Å². The van der Waals surface area contributed by atoms with E-state index in [1.54, 1.807) is 0 Å². The van der Waals surface area contributed by atoms with E-state index < -0.39 is 0 Å². The molecule has 0 aromatic rings. The van der Waals surface area contributed by atoms with Crippen LogP contribution in [0, 0.1) is 24.0 Å². The maximum absolute atomic E-state index is 7.17. The van der Waals surface area contributed by atoms with Gasteiger partial charge in [0.25, 0.3) is 0 Å². The Morgan fingerprint density at radius 1 is 1.07 bits per heavy atom. The highest BCUT2D eigenvalue weighted by atomic mass is 14.8. The van der Waals surface area contributed by atoms with Crippen LogP contribution < -0.4 is 0 Å². The lowest BCUT2D eigenvalue weighted by Crippen LogP contribution is -2.22. The van der Waals surface area contributed by atoms with Gasteiger partial charge < -0.3 is 4.85 Å². The molecule has 0 heterocycles. The van der Waals surface area contributed by atoms with Crippen molar-refractivity contribution in [3.8, 4) is 0 Å². The van der Waals surface area contributed by atoms with E-state index in [1.165, 1.54) is 0 Å². The molecule has 0 saturated heterocycles. The van der Waals surface area contributed by atoms with E-state index in [0.717, 1.165) is 0 Å². The molecule has 0 saturated carbocycles. The summed E-state index contributed by atoms with van der Waals surface area (Å²) in [5.41, 5.74) is 0.400. The van der Waals surface area contributed by atoms with Crippen LogP contribution in [0.4, 0.5) is 0 Å².